The third kappa shape index (κ3) is 2.74. The third-order valence-electron chi connectivity index (χ3n) is 2.61. The number of aromatic nitrogens is 3. The van der Waals surface area contributed by atoms with Crippen molar-refractivity contribution in [1.82, 2.24) is 15.2 Å². The lowest BCUT2D eigenvalue weighted by Gasteiger charge is -2.07. The van der Waals surface area contributed by atoms with Crippen molar-refractivity contribution in [1.29, 1.82) is 0 Å². The van der Waals surface area contributed by atoms with Crippen molar-refractivity contribution in [3.05, 3.63) is 35.3 Å². The number of nitrogens with zero attached hydrogens (tertiary/aromatic N) is 2. The second-order valence-electron chi connectivity index (χ2n) is 4.08. The number of aryl methyl sites for hydroxylation is 2. The summed E-state index contributed by atoms with van der Waals surface area (Å²) in [6.45, 7) is 3.05. The van der Waals surface area contributed by atoms with E-state index in [1.165, 1.54) is 6.20 Å². The summed E-state index contributed by atoms with van der Waals surface area (Å²) in [5.74, 6) is 0. The molecular weight excluding hydrogens is 268 g/mol. The monoisotopic (exact) mass is 282 g/mol. The van der Waals surface area contributed by atoms with E-state index < -0.39 is 16.6 Å². The van der Waals surface area contributed by atoms with Crippen LogP contribution in [0.15, 0.2) is 23.4 Å². The maximum atomic E-state index is 12.1. The molecule has 0 saturated carbocycles. The number of anilines is 1. The molecule has 0 saturated heterocycles. The van der Waals surface area contributed by atoms with Gasteiger partial charge in [0.15, 0.2) is 0 Å². The van der Waals surface area contributed by atoms with Crippen molar-refractivity contribution in [3.63, 3.8) is 0 Å². The van der Waals surface area contributed by atoms with Gasteiger partial charge in [-0.25, -0.2) is 0 Å². The summed E-state index contributed by atoms with van der Waals surface area (Å²) in [5.41, 5.74) is 1.90. The normalized spacial score (nSPS) is 11.5. The van der Waals surface area contributed by atoms with E-state index in [0.29, 0.717) is 11.4 Å². The van der Waals surface area contributed by atoms with Gasteiger partial charge in [0.05, 0.1) is 18.5 Å². The largest absolute Gasteiger partial charge is 0.392 e. The molecule has 2 aromatic rings. The Morgan fingerprint density at radius 3 is 2.68 bits per heavy atom. The Morgan fingerprint density at radius 2 is 2.11 bits per heavy atom. The summed E-state index contributed by atoms with van der Waals surface area (Å²) in [6, 6.07) is 3.30. The molecule has 7 nitrogen and oxygen atoms in total. The number of pyridine rings is 1. The average molecular weight is 282 g/mol. The first-order valence-electron chi connectivity index (χ1n) is 5.54. The second kappa shape index (κ2) is 4.98. The van der Waals surface area contributed by atoms with Crippen molar-refractivity contribution < 1.29 is 13.5 Å². The molecule has 0 spiro atoms. The standard InChI is InChI=1S/C11H14N4O3S/c1-7-3-4-9(5-12-7)15-19(17,18)11-10(6-16)8(2)13-14-11/h3-5,15-16H,6H2,1-2H3,(H,13,14). The summed E-state index contributed by atoms with van der Waals surface area (Å²) >= 11 is 0. The van der Waals surface area contributed by atoms with Crippen LogP contribution < -0.4 is 4.72 Å². The molecule has 0 aliphatic heterocycles. The molecule has 3 N–H and O–H groups in total. The van der Waals surface area contributed by atoms with Gasteiger partial charge in [-0.2, -0.15) is 13.5 Å². The molecule has 0 aromatic carbocycles. The second-order valence-corrected chi connectivity index (χ2v) is 5.68. The zero-order valence-corrected chi connectivity index (χ0v) is 11.3. The highest BCUT2D eigenvalue weighted by Gasteiger charge is 2.23. The lowest BCUT2D eigenvalue weighted by Crippen LogP contribution is -2.15. The maximum Gasteiger partial charge on any atom is 0.281 e. The molecule has 0 atom stereocenters. The van der Waals surface area contributed by atoms with Crippen LogP contribution in [0.3, 0.4) is 0 Å². The van der Waals surface area contributed by atoms with Gasteiger partial charge in [-0.3, -0.25) is 14.8 Å². The lowest BCUT2D eigenvalue weighted by molar-refractivity contribution is 0.277. The van der Waals surface area contributed by atoms with Crippen LogP contribution in [0.25, 0.3) is 0 Å². The number of hydrogen-bond acceptors (Lipinski definition) is 5. The minimum atomic E-state index is -3.84. The van der Waals surface area contributed by atoms with E-state index in [1.807, 2.05) is 0 Å². The number of hydrogen-bond donors (Lipinski definition) is 3. The van der Waals surface area contributed by atoms with Crippen LogP contribution in [0.2, 0.25) is 0 Å². The van der Waals surface area contributed by atoms with Crippen LogP contribution in [-0.2, 0) is 16.6 Å². The summed E-state index contributed by atoms with van der Waals surface area (Å²) in [4.78, 5) is 4.00. The van der Waals surface area contributed by atoms with Gasteiger partial charge in [0.25, 0.3) is 10.0 Å². The Labute approximate surface area is 110 Å². The fourth-order valence-corrected chi connectivity index (χ4v) is 2.81. The summed E-state index contributed by atoms with van der Waals surface area (Å²) in [6.07, 6.45) is 1.42. The van der Waals surface area contributed by atoms with Crippen LogP contribution in [0, 0.1) is 13.8 Å². The van der Waals surface area contributed by atoms with E-state index in [4.69, 9.17) is 0 Å². The van der Waals surface area contributed by atoms with E-state index in [0.717, 1.165) is 5.69 Å². The Bertz CT molecular complexity index is 676. The van der Waals surface area contributed by atoms with Gasteiger partial charge < -0.3 is 5.11 Å². The Morgan fingerprint density at radius 1 is 1.37 bits per heavy atom. The van der Waals surface area contributed by atoms with Crippen LogP contribution in [0.5, 0.6) is 0 Å². The molecule has 2 aromatic heterocycles. The average Bonchev–Trinajstić information content (AvgIpc) is 2.74. The van der Waals surface area contributed by atoms with E-state index in [9.17, 15) is 13.5 Å². The Balaban J connectivity index is 2.35. The zero-order chi connectivity index (χ0) is 14.0. The molecule has 19 heavy (non-hydrogen) atoms. The number of rotatable bonds is 4. The van der Waals surface area contributed by atoms with E-state index in [2.05, 4.69) is 19.9 Å². The summed E-state index contributed by atoms with van der Waals surface area (Å²) in [7, 11) is -3.84. The van der Waals surface area contributed by atoms with Gasteiger partial charge in [0, 0.05) is 17.0 Å². The first-order valence-corrected chi connectivity index (χ1v) is 7.02. The van der Waals surface area contributed by atoms with E-state index >= 15 is 0 Å². The molecule has 2 rings (SSSR count). The van der Waals surface area contributed by atoms with Crippen LogP contribution in [-0.4, -0.2) is 28.7 Å². The fourth-order valence-electron chi connectivity index (χ4n) is 1.57. The predicted octanol–water partition coefficient (Wildman–Crippen LogP) is 0.715. The Hall–Kier alpha value is -1.93. The fraction of sp³-hybridized carbons (Fsp3) is 0.273. The number of aliphatic hydroxyl groups excluding tert-OH is 1. The van der Waals surface area contributed by atoms with Crippen molar-refractivity contribution in [2.24, 2.45) is 0 Å². The van der Waals surface area contributed by atoms with Gasteiger partial charge >= 0.3 is 0 Å². The molecule has 2 heterocycles. The zero-order valence-electron chi connectivity index (χ0n) is 10.5. The molecule has 0 unspecified atom stereocenters. The van der Waals surface area contributed by atoms with Gasteiger partial charge in [-0.05, 0) is 26.0 Å². The van der Waals surface area contributed by atoms with Crippen molar-refractivity contribution in [2.75, 3.05) is 4.72 Å². The number of aliphatic hydroxyl groups is 1. The molecular formula is C11H14N4O3S. The number of H-pyrrole nitrogens is 1. The Kier molecular flexibility index (Phi) is 3.54. The number of nitrogens with one attached hydrogen (secondary N) is 2. The smallest absolute Gasteiger partial charge is 0.281 e. The molecule has 0 amide bonds. The van der Waals surface area contributed by atoms with Crippen molar-refractivity contribution in [3.8, 4) is 0 Å². The van der Waals surface area contributed by atoms with Gasteiger partial charge in [0.2, 0.25) is 5.03 Å². The van der Waals surface area contributed by atoms with Crippen LogP contribution >= 0.6 is 0 Å². The third-order valence-corrected chi connectivity index (χ3v) is 3.96. The van der Waals surface area contributed by atoms with Crippen LogP contribution in [0.4, 0.5) is 5.69 Å². The molecule has 0 aliphatic rings. The van der Waals surface area contributed by atoms with Crippen molar-refractivity contribution in [2.45, 2.75) is 25.5 Å². The first kappa shape index (κ1) is 13.5. The quantitative estimate of drug-likeness (QED) is 0.765. The lowest BCUT2D eigenvalue weighted by atomic mass is 10.3. The molecule has 0 fully saturated rings. The number of aromatic amines is 1. The van der Waals surface area contributed by atoms with E-state index in [1.54, 1.807) is 26.0 Å². The molecule has 0 aliphatic carbocycles. The first-order chi connectivity index (χ1) is 8.94. The summed E-state index contributed by atoms with van der Waals surface area (Å²) < 4.78 is 26.7. The molecule has 0 bridgehead atoms. The predicted molar refractivity (Wildman–Crippen MR) is 69.0 cm³/mol. The highest BCUT2D eigenvalue weighted by Crippen LogP contribution is 2.19. The van der Waals surface area contributed by atoms with Gasteiger partial charge in [-0.15, -0.1) is 0 Å². The molecule has 102 valence electrons. The SMILES string of the molecule is Cc1ccc(NS(=O)(=O)c2n[nH]c(C)c2CO)cn1. The maximum absolute atomic E-state index is 12.1. The van der Waals surface area contributed by atoms with Crippen LogP contribution in [0.1, 0.15) is 17.0 Å². The minimum absolute atomic E-state index is 0.201. The van der Waals surface area contributed by atoms with Crippen molar-refractivity contribution >= 4 is 15.7 Å². The van der Waals surface area contributed by atoms with E-state index in [-0.39, 0.29) is 10.6 Å². The minimum Gasteiger partial charge on any atom is -0.392 e. The number of sulfonamides is 1. The molecule has 8 heteroatoms. The van der Waals surface area contributed by atoms with Gasteiger partial charge in [-0.1, -0.05) is 0 Å². The highest BCUT2D eigenvalue weighted by molar-refractivity contribution is 7.92. The topological polar surface area (TPSA) is 108 Å². The summed E-state index contributed by atoms with van der Waals surface area (Å²) in [5, 5.41) is 15.2. The highest BCUT2D eigenvalue weighted by atomic mass is 32.2. The van der Waals surface area contributed by atoms with Gasteiger partial charge in [0.1, 0.15) is 0 Å². The molecule has 0 radical (unpaired) electrons.